The Morgan fingerprint density at radius 2 is 1.46 bits per heavy atom. The van der Waals surface area contributed by atoms with E-state index in [1.54, 1.807) is 12.3 Å². The predicted molar refractivity (Wildman–Crippen MR) is 97.0 cm³/mol. The van der Waals surface area contributed by atoms with Gasteiger partial charge in [-0.25, -0.2) is 4.79 Å². The van der Waals surface area contributed by atoms with E-state index in [1.807, 2.05) is 66.7 Å². The summed E-state index contributed by atoms with van der Waals surface area (Å²) in [5.41, 5.74) is 6.76. The standard InChI is InChI=1S/C20H19N3O3/c21-20(25)23-19(24)18(15-10-5-2-6-11-15)22-17(16-12-7-13-26-16)14-8-3-1-4-9-14/h1-13,17-18,22H,(H3,21,23,24,25)/t17-,18+/m1/s1. The number of furan rings is 1. The lowest BCUT2D eigenvalue weighted by Crippen LogP contribution is -2.44. The molecule has 4 N–H and O–H groups in total. The number of carbonyl (C=O) groups is 2. The molecule has 0 saturated carbocycles. The molecule has 6 heteroatoms. The van der Waals surface area contributed by atoms with Crippen LogP contribution in [-0.4, -0.2) is 11.9 Å². The van der Waals surface area contributed by atoms with Crippen LogP contribution < -0.4 is 16.4 Å². The van der Waals surface area contributed by atoms with Gasteiger partial charge in [0.2, 0.25) is 5.91 Å². The van der Waals surface area contributed by atoms with Crippen molar-refractivity contribution in [1.82, 2.24) is 10.6 Å². The monoisotopic (exact) mass is 349 g/mol. The summed E-state index contributed by atoms with van der Waals surface area (Å²) in [4.78, 5) is 23.8. The number of hydrogen-bond donors (Lipinski definition) is 3. The fourth-order valence-electron chi connectivity index (χ4n) is 2.77. The normalized spacial score (nSPS) is 12.9. The summed E-state index contributed by atoms with van der Waals surface area (Å²) >= 11 is 0. The highest BCUT2D eigenvalue weighted by atomic mass is 16.3. The molecule has 6 nitrogen and oxygen atoms in total. The van der Waals surface area contributed by atoms with Gasteiger partial charge in [0.15, 0.2) is 0 Å². The molecule has 0 fully saturated rings. The fraction of sp³-hybridized carbons (Fsp3) is 0.100. The van der Waals surface area contributed by atoms with Crippen LogP contribution in [0.4, 0.5) is 4.79 Å². The first-order valence-electron chi connectivity index (χ1n) is 8.15. The maximum absolute atomic E-state index is 12.6. The largest absolute Gasteiger partial charge is 0.467 e. The van der Waals surface area contributed by atoms with Crippen LogP contribution in [0.5, 0.6) is 0 Å². The molecule has 1 aromatic heterocycles. The molecule has 2 atom stereocenters. The second-order valence-electron chi connectivity index (χ2n) is 5.72. The Morgan fingerprint density at radius 3 is 2.00 bits per heavy atom. The van der Waals surface area contributed by atoms with Gasteiger partial charge in [-0.1, -0.05) is 60.7 Å². The molecule has 3 rings (SSSR count). The number of urea groups is 1. The first-order valence-corrected chi connectivity index (χ1v) is 8.15. The van der Waals surface area contributed by atoms with Gasteiger partial charge in [-0.2, -0.15) is 0 Å². The van der Waals surface area contributed by atoms with E-state index in [0.717, 1.165) is 5.56 Å². The molecule has 3 aromatic rings. The minimum atomic E-state index is -0.896. The number of primary amides is 1. The summed E-state index contributed by atoms with van der Waals surface area (Å²) in [6.07, 6.45) is 1.58. The fourth-order valence-corrected chi connectivity index (χ4v) is 2.77. The Labute approximate surface area is 151 Å². The molecule has 0 saturated heterocycles. The van der Waals surface area contributed by atoms with Crippen molar-refractivity contribution in [3.8, 4) is 0 Å². The van der Waals surface area contributed by atoms with Crippen LogP contribution in [0.15, 0.2) is 83.5 Å². The molecule has 26 heavy (non-hydrogen) atoms. The van der Waals surface area contributed by atoms with Crippen LogP contribution in [0, 0.1) is 0 Å². The van der Waals surface area contributed by atoms with Crippen LogP contribution in [0.2, 0.25) is 0 Å². The molecule has 2 aromatic carbocycles. The maximum Gasteiger partial charge on any atom is 0.318 e. The van der Waals surface area contributed by atoms with E-state index in [9.17, 15) is 9.59 Å². The minimum Gasteiger partial charge on any atom is -0.467 e. The van der Waals surface area contributed by atoms with E-state index >= 15 is 0 Å². The molecule has 0 aliphatic heterocycles. The van der Waals surface area contributed by atoms with E-state index in [0.29, 0.717) is 11.3 Å². The van der Waals surface area contributed by atoms with Gasteiger partial charge >= 0.3 is 6.03 Å². The van der Waals surface area contributed by atoms with E-state index < -0.39 is 18.0 Å². The number of hydrogen-bond acceptors (Lipinski definition) is 4. The average Bonchev–Trinajstić information content (AvgIpc) is 3.17. The Kier molecular flexibility index (Phi) is 5.46. The molecule has 0 spiro atoms. The Morgan fingerprint density at radius 1 is 0.846 bits per heavy atom. The zero-order valence-corrected chi connectivity index (χ0v) is 14.0. The quantitative estimate of drug-likeness (QED) is 0.637. The summed E-state index contributed by atoms with van der Waals surface area (Å²) < 4.78 is 5.56. The maximum atomic E-state index is 12.6. The number of nitrogens with one attached hydrogen (secondary N) is 2. The van der Waals surface area contributed by atoms with Crippen LogP contribution in [0.25, 0.3) is 0 Å². The zero-order valence-electron chi connectivity index (χ0n) is 14.0. The Hall–Kier alpha value is -3.38. The Bertz CT molecular complexity index is 849. The van der Waals surface area contributed by atoms with Crippen LogP contribution >= 0.6 is 0 Å². The lowest BCUT2D eigenvalue weighted by Gasteiger charge is -2.24. The van der Waals surface area contributed by atoms with Crippen molar-refractivity contribution in [3.63, 3.8) is 0 Å². The minimum absolute atomic E-state index is 0.380. The molecular formula is C20H19N3O3. The van der Waals surface area contributed by atoms with E-state index in [2.05, 4.69) is 10.6 Å². The van der Waals surface area contributed by atoms with Gasteiger partial charge in [0.25, 0.3) is 0 Å². The van der Waals surface area contributed by atoms with Gasteiger partial charge in [0.05, 0.1) is 12.3 Å². The molecular weight excluding hydrogens is 330 g/mol. The molecule has 0 radical (unpaired) electrons. The van der Waals surface area contributed by atoms with Crippen molar-refractivity contribution in [2.75, 3.05) is 0 Å². The highest BCUT2D eigenvalue weighted by molar-refractivity contribution is 5.96. The number of imide groups is 1. The van der Waals surface area contributed by atoms with Crippen molar-refractivity contribution >= 4 is 11.9 Å². The molecule has 132 valence electrons. The number of rotatable bonds is 6. The number of carbonyl (C=O) groups excluding carboxylic acids is 2. The zero-order chi connectivity index (χ0) is 18.4. The molecule has 0 bridgehead atoms. The summed E-state index contributed by atoms with van der Waals surface area (Å²) in [7, 11) is 0. The van der Waals surface area contributed by atoms with E-state index in [-0.39, 0.29) is 6.04 Å². The molecule has 1 heterocycles. The second kappa shape index (κ2) is 8.13. The summed E-state index contributed by atoms with van der Waals surface area (Å²) in [6, 6.07) is 20.3. The summed E-state index contributed by atoms with van der Waals surface area (Å²) in [5.74, 6) is 0.125. The number of benzene rings is 2. The average molecular weight is 349 g/mol. The van der Waals surface area contributed by atoms with Crippen LogP contribution in [0.3, 0.4) is 0 Å². The third-order valence-electron chi connectivity index (χ3n) is 3.94. The topological polar surface area (TPSA) is 97.4 Å². The summed E-state index contributed by atoms with van der Waals surface area (Å²) in [5, 5.41) is 5.43. The molecule has 3 amide bonds. The van der Waals surface area contributed by atoms with Gasteiger partial charge in [-0.15, -0.1) is 0 Å². The first kappa shape index (κ1) is 17.4. The SMILES string of the molecule is NC(=O)NC(=O)[C@@H](N[C@H](c1ccccc1)c1ccco1)c1ccccc1. The van der Waals surface area contributed by atoms with E-state index in [4.69, 9.17) is 10.2 Å². The third kappa shape index (κ3) is 4.17. The predicted octanol–water partition coefficient (Wildman–Crippen LogP) is 2.89. The van der Waals surface area contributed by atoms with Crippen molar-refractivity contribution < 1.29 is 14.0 Å². The van der Waals surface area contributed by atoms with Crippen molar-refractivity contribution in [2.45, 2.75) is 12.1 Å². The van der Waals surface area contributed by atoms with Gasteiger partial charge in [0, 0.05) is 0 Å². The van der Waals surface area contributed by atoms with Gasteiger partial charge < -0.3 is 10.2 Å². The molecule has 0 aliphatic rings. The van der Waals surface area contributed by atoms with Gasteiger partial charge in [-0.3, -0.25) is 15.4 Å². The second-order valence-corrected chi connectivity index (χ2v) is 5.72. The van der Waals surface area contributed by atoms with Crippen LogP contribution in [-0.2, 0) is 4.79 Å². The Balaban J connectivity index is 1.97. The van der Waals surface area contributed by atoms with Crippen molar-refractivity contribution in [1.29, 1.82) is 0 Å². The lowest BCUT2D eigenvalue weighted by molar-refractivity contribution is -0.122. The van der Waals surface area contributed by atoms with Gasteiger partial charge in [0.1, 0.15) is 11.8 Å². The highest BCUT2D eigenvalue weighted by Crippen LogP contribution is 2.26. The number of nitrogens with two attached hydrogens (primary N) is 1. The van der Waals surface area contributed by atoms with E-state index in [1.165, 1.54) is 0 Å². The molecule has 0 unspecified atom stereocenters. The first-order chi connectivity index (χ1) is 12.6. The van der Waals surface area contributed by atoms with Crippen LogP contribution in [0.1, 0.15) is 29.0 Å². The smallest absolute Gasteiger partial charge is 0.318 e. The lowest BCUT2D eigenvalue weighted by atomic mass is 10.00. The van der Waals surface area contributed by atoms with Crippen molar-refractivity contribution in [3.05, 3.63) is 95.9 Å². The van der Waals surface area contributed by atoms with Gasteiger partial charge in [-0.05, 0) is 23.3 Å². The molecule has 0 aliphatic carbocycles. The third-order valence-corrected chi connectivity index (χ3v) is 3.94. The van der Waals surface area contributed by atoms with Crippen molar-refractivity contribution in [2.24, 2.45) is 5.73 Å². The number of amides is 3. The highest BCUT2D eigenvalue weighted by Gasteiger charge is 2.27. The summed E-state index contributed by atoms with van der Waals surface area (Å²) in [6.45, 7) is 0.